The van der Waals surface area contributed by atoms with Gasteiger partial charge in [-0.25, -0.2) is 0 Å². The van der Waals surface area contributed by atoms with E-state index in [2.05, 4.69) is 13.8 Å². The van der Waals surface area contributed by atoms with E-state index in [-0.39, 0.29) is 11.5 Å². The van der Waals surface area contributed by atoms with Crippen molar-refractivity contribution >= 4 is 0 Å². The maximum absolute atomic E-state index is 13.8. The van der Waals surface area contributed by atoms with Gasteiger partial charge in [-0.05, 0) is 25.0 Å². The zero-order valence-corrected chi connectivity index (χ0v) is 13.1. The number of rotatable bonds is 11. The lowest BCUT2D eigenvalue weighted by molar-refractivity contribution is 0.267. The van der Waals surface area contributed by atoms with Crippen molar-refractivity contribution < 1.29 is 18.3 Å². The molecule has 0 heterocycles. The van der Waals surface area contributed by atoms with Crippen LogP contribution in [-0.4, -0.2) is 13.2 Å². The van der Waals surface area contributed by atoms with Gasteiger partial charge >= 0.3 is 0 Å². The molecule has 1 rings (SSSR count). The van der Waals surface area contributed by atoms with Crippen LogP contribution >= 0.6 is 0 Å². The van der Waals surface area contributed by atoms with E-state index < -0.39 is 11.6 Å². The van der Waals surface area contributed by atoms with Crippen molar-refractivity contribution in [3.63, 3.8) is 0 Å². The second kappa shape index (κ2) is 10.4. The summed E-state index contributed by atoms with van der Waals surface area (Å²) in [5.41, 5.74) is 0. The van der Waals surface area contributed by atoms with Gasteiger partial charge in [-0.1, -0.05) is 46.0 Å². The van der Waals surface area contributed by atoms with E-state index in [1.807, 2.05) is 0 Å². The van der Waals surface area contributed by atoms with E-state index in [0.717, 1.165) is 44.9 Å². The van der Waals surface area contributed by atoms with Gasteiger partial charge in [0.25, 0.3) is 0 Å². The van der Waals surface area contributed by atoms with Crippen LogP contribution in [0.2, 0.25) is 0 Å². The average molecular weight is 300 g/mol. The molecule has 2 nitrogen and oxygen atoms in total. The normalized spacial score (nSPS) is 10.7. The summed E-state index contributed by atoms with van der Waals surface area (Å²) in [6.07, 6.45) is 7.07. The molecular formula is C17H26F2O2. The van der Waals surface area contributed by atoms with Gasteiger partial charge in [-0.3, -0.25) is 0 Å². The third-order valence-corrected chi connectivity index (χ3v) is 3.27. The van der Waals surface area contributed by atoms with Crippen molar-refractivity contribution in [2.75, 3.05) is 13.2 Å². The Balaban J connectivity index is 2.47. The molecule has 0 unspecified atom stereocenters. The predicted octanol–water partition coefficient (Wildman–Crippen LogP) is 5.49. The van der Waals surface area contributed by atoms with Crippen LogP contribution in [0.15, 0.2) is 12.1 Å². The molecular weight excluding hydrogens is 274 g/mol. The zero-order valence-electron chi connectivity index (χ0n) is 13.1. The highest BCUT2D eigenvalue weighted by Crippen LogP contribution is 2.28. The molecule has 0 aromatic heterocycles. The Morgan fingerprint density at radius 2 is 1.14 bits per heavy atom. The van der Waals surface area contributed by atoms with Gasteiger partial charge in [0.05, 0.1) is 13.2 Å². The van der Waals surface area contributed by atoms with Crippen LogP contribution in [0.1, 0.15) is 58.8 Å². The lowest BCUT2D eigenvalue weighted by Gasteiger charge is -2.11. The first kappa shape index (κ1) is 17.7. The van der Waals surface area contributed by atoms with Gasteiger partial charge < -0.3 is 9.47 Å². The molecule has 0 spiro atoms. The van der Waals surface area contributed by atoms with E-state index >= 15 is 0 Å². The highest BCUT2D eigenvalue weighted by Gasteiger charge is 2.15. The summed E-state index contributed by atoms with van der Waals surface area (Å²) in [5.74, 6) is -2.00. The van der Waals surface area contributed by atoms with Crippen molar-refractivity contribution in [2.24, 2.45) is 0 Å². The molecule has 0 aliphatic heterocycles. The number of hydrogen-bond acceptors (Lipinski definition) is 2. The van der Waals surface area contributed by atoms with Crippen molar-refractivity contribution in [2.45, 2.75) is 58.8 Å². The molecule has 0 aliphatic carbocycles. The summed E-state index contributed by atoms with van der Waals surface area (Å²) < 4.78 is 38.2. The monoisotopic (exact) mass is 300 g/mol. The van der Waals surface area contributed by atoms with Crippen molar-refractivity contribution in [1.82, 2.24) is 0 Å². The van der Waals surface area contributed by atoms with Gasteiger partial charge in [0.2, 0.25) is 11.6 Å². The molecule has 4 heteroatoms. The quantitative estimate of drug-likeness (QED) is 0.503. The Morgan fingerprint density at radius 3 is 1.62 bits per heavy atom. The Labute approximate surface area is 126 Å². The fourth-order valence-corrected chi connectivity index (χ4v) is 1.98. The number of ether oxygens (including phenoxy) is 2. The fourth-order valence-electron chi connectivity index (χ4n) is 1.98. The first-order valence-corrected chi connectivity index (χ1v) is 7.94. The number of benzene rings is 1. The molecule has 1 aromatic rings. The van der Waals surface area contributed by atoms with Gasteiger partial charge in [-0.15, -0.1) is 0 Å². The molecule has 0 amide bonds. The molecule has 0 radical (unpaired) electrons. The Morgan fingerprint density at radius 1 is 0.714 bits per heavy atom. The van der Waals surface area contributed by atoms with Crippen LogP contribution in [-0.2, 0) is 0 Å². The van der Waals surface area contributed by atoms with Gasteiger partial charge in [0.15, 0.2) is 11.5 Å². The van der Waals surface area contributed by atoms with Crippen LogP contribution in [0.5, 0.6) is 11.5 Å². The van der Waals surface area contributed by atoms with Crippen LogP contribution in [0.4, 0.5) is 8.78 Å². The maximum Gasteiger partial charge on any atom is 0.204 e. The molecule has 0 aliphatic rings. The Bertz CT molecular complexity index is 408. The Hall–Kier alpha value is -1.32. The molecule has 0 fully saturated rings. The third-order valence-electron chi connectivity index (χ3n) is 3.27. The predicted molar refractivity (Wildman–Crippen MR) is 81.0 cm³/mol. The SMILES string of the molecule is CCCCCCOc1ccc(OCCCCC)c(F)c1F. The second-order valence-electron chi connectivity index (χ2n) is 5.15. The average Bonchev–Trinajstić information content (AvgIpc) is 2.49. The second-order valence-corrected chi connectivity index (χ2v) is 5.15. The molecule has 0 bridgehead atoms. The summed E-state index contributed by atoms with van der Waals surface area (Å²) >= 11 is 0. The molecule has 120 valence electrons. The third kappa shape index (κ3) is 6.32. The van der Waals surface area contributed by atoms with E-state index in [0.29, 0.717) is 13.2 Å². The largest absolute Gasteiger partial charge is 0.490 e. The van der Waals surface area contributed by atoms with Crippen molar-refractivity contribution in [1.29, 1.82) is 0 Å². The molecule has 0 N–H and O–H groups in total. The van der Waals surface area contributed by atoms with Crippen LogP contribution in [0, 0.1) is 11.6 Å². The van der Waals surface area contributed by atoms with Gasteiger partial charge in [0.1, 0.15) is 0 Å². The highest BCUT2D eigenvalue weighted by molar-refractivity contribution is 5.35. The van der Waals surface area contributed by atoms with Crippen LogP contribution in [0.3, 0.4) is 0 Å². The minimum atomic E-state index is -0.961. The lowest BCUT2D eigenvalue weighted by Crippen LogP contribution is -2.04. The van der Waals surface area contributed by atoms with E-state index in [4.69, 9.17) is 9.47 Å². The summed E-state index contributed by atoms with van der Waals surface area (Å²) in [7, 11) is 0. The number of hydrogen-bond donors (Lipinski definition) is 0. The Kier molecular flexibility index (Phi) is 8.79. The summed E-state index contributed by atoms with van der Waals surface area (Å²) in [4.78, 5) is 0. The summed E-state index contributed by atoms with van der Waals surface area (Å²) in [5, 5.41) is 0. The molecule has 0 atom stereocenters. The van der Waals surface area contributed by atoms with Crippen molar-refractivity contribution in [3.05, 3.63) is 23.8 Å². The fraction of sp³-hybridized carbons (Fsp3) is 0.647. The van der Waals surface area contributed by atoms with Crippen LogP contribution < -0.4 is 9.47 Å². The number of unbranched alkanes of at least 4 members (excludes halogenated alkanes) is 5. The summed E-state index contributed by atoms with van der Waals surface area (Å²) in [6.45, 7) is 5.01. The smallest absolute Gasteiger partial charge is 0.204 e. The molecule has 0 saturated carbocycles. The van der Waals surface area contributed by atoms with E-state index in [9.17, 15) is 8.78 Å². The van der Waals surface area contributed by atoms with Gasteiger partial charge in [-0.2, -0.15) is 8.78 Å². The standard InChI is InChI=1S/C17H26F2O2/c1-3-5-7-9-13-21-15-11-10-14(16(18)17(15)19)20-12-8-6-4-2/h10-11H,3-9,12-13H2,1-2H3. The topological polar surface area (TPSA) is 18.5 Å². The molecule has 21 heavy (non-hydrogen) atoms. The van der Waals surface area contributed by atoms with E-state index in [1.165, 1.54) is 12.1 Å². The van der Waals surface area contributed by atoms with Crippen LogP contribution in [0.25, 0.3) is 0 Å². The maximum atomic E-state index is 13.8. The van der Waals surface area contributed by atoms with Crippen molar-refractivity contribution in [3.8, 4) is 11.5 Å². The number of halogens is 2. The minimum Gasteiger partial charge on any atom is -0.490 e. The lowest BCUT2D eigenvalue weighted by atomic mass is 10.2. The van der Waals surface area contributed by atoms with Gasteiger partial charge in [0, 0.05) is 0 Å². The minimum absolute atomic E-state index is 0.0371. The molecule has 1 aromatic carbocycles. The first-order chi connectivity index (χ1) is 10.2. The molecule has 0 saturated heterocycles. The summed E-state index contributed by atoms with van der Waals surface area (Å²) in [6, 6.07) is 2.87. The highest BCUT2D eigenvalue weighted by atomic mass is 19.2. The first-order valence-electron chi connectivity index (χ1n) is 7.94. The van der Waals surface area contributed by atoms with E-state index in [1.54, 1.807) is 0 Å². The zero-order chi connectivity index (χ0) is 15.5.